The standard InChI is InChI=1S/C15H13N3O4/c1-10-2-5-12(6-3-10)15(20)17-16-9-11-4-7-14(19)13(8-11)18(21)22/h2-9,19H,1H3,(H,17,20)/b16-9+. The number of carbonyl (C=O) groups excluding carboxylic acids is 1. The predicted octanol–water partition coefficient (Wildman–Crippen LogP) is 2.37. The second-order valence-electron chi connectivity index (χ2n) is 4.57. The van der Waals surface area contributed by atoms with Gasteiger partial charge in [-0.3, -0.25) is 14.9 Å². The molecule has 0 aromatic heterocycles. The van der Waals surface area contributed by atoms with Gasteiger partial charge in [0.05, 0.1) is 11.1 Å². The van der Waals surface area contributed by atoms with Gasteiger partial charge in [-0.1, -0.05) is 17.7 Å². The third kappa shape index (κ3) is 3.66. The third-order valence-corrected chi connectivity index (χ3v) is 2.89. The van der Waals surface area contributed by atoms with E-state index in [4.69, 9.17) is 0 Å². The molecule has 0 atom stereocenters. The Bertz CT molecular complexity index is 739. The Morgan fingerprint density at radius 3 is 2.59 bits per heavy atom. The number of phenols is 1. The summed E-state index contributed by atoms with van der Waals surface area (Å²) in [6, 6.07) is 10.8. The first-order chi connectivity index (χ1) is 10.5. The number of rotatable bonds is 4. The maximum absolute atomic E-state index is 11.8. The summed E-state index contributed by atoms with van der Waals surface area (Å²) in [4.78, 5) is 21.8. The van der Waals surface area contributed by atoms with Crippen LogP contribution >= 0.6 is 0 Å². The Kier molecular flexibility index (Phi) is 4.47. The van der Waals surface area contributed by atoms with E-state index in [1.165, 1.54) is 18.3 Å². The normalized spacial score (nSPS) is 10.6. The van der Waals surface area contributed by atoms with Crippen molar-refractivity contribution in [2.24, 2.45) is 5.10 Å². The van der Waals surface area contributed by atoms with Gasteiger partial charge in [0, 0.05) is 17.2 Å². The van der Waals surface area contributed by atoms with Gasteiger partial charge in [0.2, 0.25) is 0 Å². The lowest BCUT2D eigenvalue weighted by atomic mass is 10.1. The molecule has 0 unspecified atom stereocenters. The Morgan fingerprint density at radius 1 is 1.27 bits per heavy atom. The number of hydrogen-bond acceptors (Lipinski definition) is 5. The van der Waals surface area contributed by atoms with E-state index in [1.54, 1.807) is 12.1 Å². The Balaban J connectivity index is 2.06. The number of nitrogens with zero attached hydrogens (tertiary/aromatic N) is 2. The number of carbonyl (C=O) groups is 1. The van der Waals surface area contributed by atoms with E-state index in [0.717, 1.165) is 11.6 Å². The SMILES string of the molecule is Cc1ccc(C(=O)N/N=C/c2ccc(O)c([N+](=O)[O-])c2)cc1. The van der Waals surface area contributed by atoms with E-state index < -0.39 is 16.4 Å². The first kappa shape index (κ1) is 15.2. The van der Waals surface area contributed by atoms with Crippen LogP contribution < -0.4 is 5.43 Å². The molecular formula is C15H13N3O4. The number of aromatic hydroxyl groups is 1. The van der Waals surface area contributed by atoms with Crippen LogP contribution in [0.1, 0.15) is 21.5 Å². The molecule has 2 aromatic rings. The van der Waals surface area contributed by atoms with Gasteiger partial charge in [0.1, 0.15) is 0 Å². The predicted molar refractivity (Wildman–Crippen MR) is 81.0 cm³/mol. The molecule has 0 spiro atoms. The highest BCUT2D eigenvalue weighted by Gasteiger charge is 2.12. The molecule has 0 heterocycles. The minimum Gasteiger partial charge on any atom is -0.502 e. The van der Waals surface area contributed by atoms with Crippen molar-refractivity contribution in [3.63, 3.8) is 0 Å². The molecule has 0 saturated heterocycles. The average molecular weight is 299 g/mol. The van der Waals surface area contributed by atoms with Crippen LogP contribution in [0.25, 0.3) is 0 Å². The van der Waals surface area contributed by atoms with Crippen LogP contribution in [0.2, 0.25) is 0 Å². The van der Waals surface area contributed by atoms with Gasteiger partial charge in [-0.05, 0) is 31.2 Å². The maximum atomic E-state index is 11.8. The molecule has 0 bridgehead atoms. The van der Waals surface area contributed by atoms with Gasteiger partial charge in [0.25, 0.3) is 5.91 Å². The van der Waals surface area contributed by atoms with Crippen molar-refractivity contribution in [3.8, 4) is 5.75 Å². The van der Waals surface area contributed by atoms with Gasteiger partial charge in [0.15, 0.2) is 5.75 Å². The second-order valence-corrected chi connectivity index (χ2v) is 4.57. The molecule has 2 aromatic carbocycles. The number of benzene rings is 2. The molecule has 7 nitrogen and oxygen atoms in total. The molecule has 0 aliphatic rings. The summed E-state index contributed by atoms with van der Waals surface area (Å²) in [5.74, 6) is -0.810. The first-order valence-corrected chi connectivity index (χ1v) is 6.35. The summed E-state index contributed by atoms with van der Waals surface area (Å²) < 4.78 is 0. The van der Waals surface area contributed by atoms with E-state index in [-0.39, 0.29) is 5.91 Å². The van der Waals surface area contributed by atoms with Crippen molar-refractivity contribution in [2.45, 2.75) is 6.92 Å². The largest absolute Gasteiger partial charge is 0.502 e. The minimum absolute atomic E-state index is 0.383. The zero-order valence-electron chi connectivity index (χ0n) is 11.7. The number of nitro groups is 1. The number of aryl methyl sites for hydroxylation is 1. The van der Waals surface area contributed by atoms with Crippen molar-refractivity contribution < 1.29 is 14.8 Å². The van der Waals surface area contributed by atoms with E-state index in [1.807, 2.05) is 19.1 Å². The topological polar surface area (TPSA) is 105 Å². The summed E-state index contributed by atoms with van der Waals surface area (Å²) in [5, 5.41) is 23.8. The van der Waals surface area contributed by atoms with E-state index in [0.29, 0.717) is 11.1 Å². The Morgan fingerprint density at radius 2 is 1.95 bits per heavy atom. The van der Waals surface area contributed by atoms with Gasteiger partial charge in [-0.15, -0.1) is 0 Å². The van der Waals surface area contributed by atoms with Gasteiger partial charge >= 0.3 is 5.69 Å². The van der Waals surface area contributed by atoms with Crippen molar-refractivity contribution in [3.05, 3.63) is 69.3 Å². The fraction of sp³-hybridized carbons (Fsp3) is 0.0667. The molecule has 112 valence electrons. The fourth-order valence-electron chi connectivity index (χ4n) is 1.70. The van der Waals surface area contributed by atoms with Crippen molar-refractivity contribution in [1.29, 1.82) is 0 Å². The van der Waals surface area contributed by atoms with Crippen LogP contribution in [0.15, 0.2) is 47.6 Å². The molecule has 2 N–H and O–H groups in total. The van der Waals surface area contributed by atoms with Crippen LogP contribution in [-0.2, 0) is 0 Å². The van der Waals surface area contributed by atoms with Gasteiger partial charge < -0.3 is 5.11 Å². The molecule has 22 heavy (non-hydrogen) atoms. The van der Waals surface area contributed by atoms with Crippen molar-refractivity contribution in [2.75, 3.05) is 0 Å². The number of nitro benzene ring substituents is 1. The number of nitrogens with one attached hydrogen (secondary N) is 1. The number of hydrazone groups is 1. The van der Waals surface area contributed by atoms with Crippen LogP contribution in [0, 0.1) is 17.0 Å². The average Bonchev–Trinajstić information content (AvgIpc) is 2.49. The van der Waals surface area contributed by atoms with Gasteiger partial charge in [-0.2, -0.15) is 5.10 Å². The molecule has 2 rings (SSSR count). The lowest BCUT2D eigenvalue weighted by Crippen LogP contribution is -2.17. The number of hydrogen-bond donors (Lipinski definition) is 2. The van der Waals surface area contributed by atoms with Crippen molar-refractivity contribution >= 4 is 17.8 Å². The highest BCUT2D eigenvalue weighted by atomic mass is 16.6. The summed E-state index contributed by atoms with van der Waals surface area (Å²) in [6.45, 7) is 1.91. The molecule has 7 heteroatoms. The zero-order chi connectivity index (χ0) is 16.1. The zero-order valence-corrected chi connectivity index (χ0v) is 11.7. The van der Waals surface area contributed by atoms with Crippen LogP contribution in [-0.4, -0.2) is 22.2 Å². The van der Waals surface area contributed by atoms with Gasteiger partial charge in [-0.25, -0.2) is 5.43 Å². The van der Waals surface area contributed by atoms with Crippen LogP contribution in [0.5, 0.6) is 5.75 Å². The third-order valence-electron chi connectivity index (χ3n) is 2.89. The lowest BCUT2D eigenvalue weighted by Gasteiger charge is -2.00. The lowest BCUT2D eigenvalue weighted by molar-refractivity contribution is -0.385. The summed E-state index contributed by atoms with van der Waals surface area (Å²) in [7, 11) is 0. The molecule has 0 aliphatic heterocycles. The molecule has 0 saturated carbocycles. The van der Waals surface area contributed by atoms with Crippen molar-refractivity contribution in [1.82, 2.24) is 5.43 Å². The second kappa shape index (κ2) is 6.49. The van der Waals surface area contributed by atoms with E-state index >= 15 is 0 Å². The Labute approximate surface area is 126 Å². The Hall–Kier alpha value is -3.22. The van der Waals surface area contributed by atoms with Crippen LogP contribution in [0.4, 0.5) is 5.69 Å². The van der Waals surface area contributed by atoms with E-state index in [9.17, 15) is 20.0 Å². The minimum atomic E-state index is -0.697. The quantitative estimate of drug-likeness (QED) is 0.513. The molecule has 0 radical (unpaired) electrons. The molecule has 0 aliphatic carbocycles. The van der Waals surface area contributed by atoms with Crippen LogP contribution in [0.3, 0.4) is 0 Å². The number of phenolic OH excluding ortho intramolecular Hbond substituents is 1. The molecule has 1 amide bonds. The fourth-order valence-corrected chi connectivity index (χ4v) is 1.70. The highest BCUT2D eigenvalue weighted by Crippen LogP contribution is 2.25. The smallest absolute Gasteiger partial charge is 0.311 e. The summed E-state index contributed by atoms with van der Waals surface area (Å²) >= 11 is 0. The molecular weight excluding hydrogens is 286 g/mol. The monoisotopic (exact) mass is 299 g/mol. The molecule has 0 fully saturated rings. The van der Waals surface area contributed by atoms with E-state index in [2.05, 4.69) is 10.5 Å². The number of amides is 1. The first-order valence-electron chi connectivity index (χ1n) is 6.35. The summed E-state index contributed by atoms with van der Waals surface area (Å²) in [6.07, 6.45) is 1.26. The highest BCUT2D eigenvalue weighted by molar-refractivity contribution is 5.95. The maximum Gasteiger partial charge on any atom is 0.311 e. The summed E-state index contributed by atoms with van der Waals surface area (Å²) in [5.41, 5.74) is 3.79.